The number of nitrogens with zero attached hydrogens (tertiary/aromatic N) is 3. The molecule has 2 amide bonds. The van der Waals surface area contributed by atoms with Crippen LogP contribution in [0, 0.1) is 5.92 Å². The molecule has 2 aliphatic rings. The van der Waals surface area contributed by atoms with Crippen LogP contribution in [0.2, 0.25) is 5.02 Å². The van der Waals surface area contributed by atoms with Crippen molar-refractivity contribution in [1.82, 2.24) is 9.80 Å². The van der Waals surface area contributed by atoms with E-state index in [9.17, 15) is 9.59 Å². The zero-order valence-corrected chi connectivity index (χ0v) is 19.9. The fourth-order valence-electron chi connectivity index (χ4n) is 4.57. The molecule has 7 nitrogen and oxygen atoms in total. The average Bonchev–Trinajstić information content (AvgIpc) is 3.07. The van der Waals surface area contributed by atoms with Gasteiger partial charge in [-0.1, -0.05) is 23.7 Å². The summed E-state index contributed by atoms with van der Waals surface area (Å²) < 4.78 is 10.6. The summed E-state index contributed by atoms with van der Waals surface area (Å²) in [6.45, 7) is 4.37. The molecule has 0 saturated carbocycles. The van der Waals surface area contributed by atoms with Gasteiger partial charge in [0.1, 0.15) is 0 Å². The van der Waals surface area contributed by atoms with Crippen molar-refractivity contribution in [2.75, 3.05) is 51.8 Å². The van der Waals surface area contributed by atoms with E-state index >= 15 is 0 Å². The second-order valence-electron chi connectivity index (χ2n) is 8.53. The van der Waals surface area contributed by atoms with Crippen molar-refractivity contribution in [3.05, 3.63) is 53.1 Å². The number of hydrogen-bond acceptors (Lipinski definition) is 5. The van der Waals surface area contributed by atoms with E-state index in [4.69, 9.17) is 21.1 Å². The van der Waals surface area contributed by atoms with Gasteiger partial charge in [0, 0.05) is 62.5 Å². The predicted molar refractivity (Wildman–Crippen MR) is 128 cm³/mol. The molecule has 2 aliphatic heterocycles. The molecular formula is C25H30ClN3O4. The zero-order valence-electron chi connectivity index (χ0n) is 19.1. The van der Waals surface area contributed by atoms with Crippen LogP contribution in [0.5, 0.6) is 11.5 Å². The first-order chi connectivity index (χ1) is 16.0. The minimum absolute atomic E-state index is 0.0419. The van der Waals surface area contributed by atoms with E-state index in [0.717, 1.165) is 43.3 Å². The highest BCUT2D eigenvalue weighted by molar-refractivity contribution is 6.30. The number of carbonyl (C=O) groups is 2. The summed E-state index contributed by atoms with van der Waals surface area (Å²) in [5.74, 6) is 0.868. The summed E-state index contributed by atoms with van der Waals surface area (Å²) in [7, 11) is 3.14. The number of hydrogen-bond donors (Lipinski definition) is 0. The van der Waals surface area contributed by atoms with Gasteiger partial charge in [-0.05, 0) is 36.2 Å². The monoisotopic (exact) mass is 471 g/mol. The van der Waals surface area contributed by atoms with Crippen LogP contribution < -0.4 is 14.4 Å². The molecule has 1 unspecified atom stereocenters. The third-order valence-corrected chi connectivity index (χ3v) is 6.62. The van der Waals surface area contributed by atoms with E-state index < -0.39 is 0 Å². The van der Waals surface area contributed by atoms with Crippen LogP contribution in [0.25, 0.3) is 0 Å². The Morgan fingerprint density at radius 2 is 1.76 bits per heavy atom. The van der Waals surface area contributed by atoms with Gasteiger partial charge in [0.15, 0.2) is 11.5 Å². The van der Waals surface area contributed by atoms with E-state index in [-0.39, 0.29) is 24.2 Å². The lowest BCUT2D eigenvalue weighted by Crippen LogP contribution is -2.39. The minimum atomic E-state index is -0.326. The van der Waals surface area contributed by atoms with Crippen molar-refractivity contribution in [3.8, 4) is 11.5 Å². The number of rotatable bonds is 6. The van der Waals surface area contributed by atoms with Crippen molar-refractivity contribution in [1.29, 1.82) is 0 Å². The highest BCUT2D eigenvalue weighted by atomic mass is 35.5. The quantitative estimate of drug-likeness (QED) is 0.645. The fraction of sp³-hybridized carbons (Fsp3) is 0.440. The summed E-state index contributed by atoms with van der Waals surface area (Å²) in [5, 5.41) is 0.736. The second kappa shape index (κ2) is 10.4. The molecule has 2 aromatic rings. The molecule has 0 N–H and O–H groups in total. The standard InChI is InChI=1S/C25H30ClN3O4/c1-32-22-9-8-21(15-23(22)33-2)29-17-19(14-24(29)30)25(31)28-11-3-10-27(12-13-28)16-18-4-6-20(26)7-5-18/h4-9,15,19H,3,10-14,16-17H2,1-2H3. The number of benzene rings is 2. The summed E-state index contributed by atoms with van der Waals surface area (Å²) >= 11 is 5.99. The van der Waals surface area contributed by atoms with Gasteiger partial charge in [0.05, 0.1) is 20.1 Å². The number of anilines is 1. The molecule has 176 valence electrons. The SMILES string of the molecule is COc1ccc(N2CC(C(=O)N3CCCN(Cc4ccc(Cl)cc4)CC3)CC2=O)cc1OC. The summed E-state index contributed by atoms with van der Waals surface area (Å²) in [6.07, 6.45) is 1.15. The molecule has 0 bridgehead atoms. The highest BCUT2D eigenvalue weighted by Crippen LogP contribution is 2.34. The van der Waals surface area contributed by atoms with Crippen LogP contribution in [-0.2, 0) is 16.1 Å². The largest absolute Gasteiger partial charge is 0.493 e. The van der Waals surface area contributed by atoms with Gasteiger partial charge in [0.25, 0.3) is 0 Å². The molecule has 2 aromatic carbocycles. The molecule has 2 saturated heterocycles. The van der Waals surface area contributed by atoms with Crippen molar-refractivity contribution in [2.24, 2.45) is 5.92 Å². The Balaban J connectivity index is 1.36. The fourth-order valence-corrected chi connectivity index (χ4v) is 4.70. The molecule has 2 heterocycles. The van der Waals surface area contributed by atoms with Gasteiger partial charge in [0.2, 0.25) is 11.8 Å². The molecule has 4 rings (SSSR count). The van der Waals surface area contributed by atoms with Crippen LogP contribution in [0.3, 0.4) is 0 Å². The van der Waals surface area contributed by atoms with Gasteiger partial charge in [-0.15, -0.1) is 0 Å². The van der Waals surface area contributed by atoms with Crippen molar-refractivity contribution >= 4 is 29.1 Å². The Labute approximate surface area is 199 Å². The van der Waals surface area contributed by atoms with Crippen LogP contribution in [0.1, 0.15) is 18.4 Å². The van der Waals surface area contributed by atoms with Crippen LogP contribution in [0.4, 0.5) is 5.69 Å². The Morgan fingerprint density at radius 3 is 2.48 bits per heavy atom. The first-order valence-electron chi connectivity index (χ1n) is 11.3. The Bertz CT molecular complexity index is 998. The van der Waals surface area contributed by atoms with Gasteiger partial charge < -0.3 is 19.3 Å². The summed E-state index contributed by atoms with van der Waals surface area (Å²) in [4.78, 5) is 32.0. The normalized spacial score (nSPS) is 19.5. The van der Waals surface area contributed by atoms with Gasteiger partial charge in [-0.2, -0.15) is 0 Å². The van der Waals surface area contributed by atoms with Gasteiger partial charge in [-0.25, -0.2) is 0 Å². The van der Waals surface area contributed by atoms with E-state index in [0.29, 0.717) is 24.6 Å². The number of amides is 2. The minimum Gasteiger partial charge on any atom is -0.493 e. The zero-order chi connectivity index (χ0) is 23.4. The Hall–Kier alpha value is -2.77. The lowest BCUT2D eigenvalue weighted by molar-refractivity contribution is -0.135. The van der Waals surface area contributed by atoms with E-state index in [1.54, 1.807) is 31.3 Å². The van der Waals surface area contributed by atoms with Crippen LogP contribution in [0.15, 0.2) is 42.5 Å². The molecule has 1 atom stereocenters. The molecular weight excluding hydrogens is 442 g/mol. The second-order valence-corrected chi connectivity index (χ2v) is 8.96. The molecule has 0 radical (unpaired) electrons. The molecule has 8 heteroatoms. The first-order valence-corrected chi connectivity index (χ1v) is 11.6. The third-order valence-electron chi connectivity index (χ3n) is 6.37. The topological polar surface area (TPSA) is 62.3 Å². The lowest BCUT2D eigenvalue weighted by atomic mass is 10.1. The molecule has 0 aromatic heterocycles. The highest BCUT2D eigenvalue weighted by Gasteiger charge is 2.37. The van der Waals surface area contributed by atoms with Gasteiger partial charge >= 0.3 is 0 Å². The first kappa shape index (κ1) is 23.4. The predicted octanol–water partition coefficient (Wildman–Crippen LogP) is 3.44. The van der Waals surface area contributed by atoms with Crippen LogP contribution >= 0.6 is 11.6 Å². The van der Waals surface area contributed by atoms with Crippen molar-refractivity contribution in [3.63, 3.8) is 0 Å². The average molecular weight is 472 g/mol. The maximum atomic E-state index is 13.3. The maximum absolute atomic E-state index is 13.3. The molecule has 0 spiro atoms. The summed E-state index contributed by atoms with van der Waals surface area (Å²) in [5.41, 5.74) is 1.93. The van der Waals surface area contributed by atoms with Crippen molar-refractivity contribution < 1.29 is 19.1 Å². The lowest BCUT2D eigenvalue weighted by Gasteiger charge is -2.25. The molecule has 2 fully saturated rings. The van der Waals surface area contributed by atoms with Crippen molar-refractivity contribution in [2.45, 2.75) is 19.4 Å². The van der Waals surface area contributed by atoms with E-state index in [2.05, 4.69) is 4.90 Å². The Morgan fingerprint density at radius 1 is 1.00 bits per heavy atom. The third kappa shape index (κ3) is 5.42. The Kier molecular flexibility index (Phi) is 7.40. The number of carbonyl (C=O) groups excluding carboxylic acids is 2. The maximum Gasteiger partial charge on any atom is 0.228 e. The molecule has 0 aliphatic carbocycles. The number of methoxy groups -OCH3 is 2. The molecule has 33 heavy (non-hydrogen) atoms. The van der Waals surface area contributed by atoms with Crippen LogP contribution in [-0.4, -0.2) is 68.6 Å². The van der Waals surface area contributed by atoms with E-state index in [1.165, 1.54) is 5.56 Å². The smallest absolute Gasteiger partial charge is 0.228 e. The van der Waals surface area contributed by atoms with Gasteiger partial charge in [-0.3, -0.25) is 14.5 Å². The number of halogens is 1. The number of ether oxygens (including phenoxy) is 2. The van der Waals surface area contributed by atoms with E-state index in [1.807, 2.05) is 35.2 Å². The summed E-state index contributed by atoms with van der Waals surface area (Å²) in [6, 6.07) is 13.3.